The van der Waals surface area contributed by atoms with Crippen molar-refractivity contribution in [3.05, 3.63) is 0 Å². The summed E-state index contributed by atoms with van der Waals surface area (Å²) in [5.41, 5.74) is 0. The number of hydrogen-bond donors (Lipinski definition) is 1. The average Bonchev–Trinajstić information content (AvgIpc) is 2.51. The van der Waals surface area contributed by atoms with Gasteiger partial charge in [-0.3, -0.25) is 4.90 Å². The summed E-state index contributed by atoms with van der Waals surface area (Å²) in [5.74, 6) is 2.02. The van der Waals surface area contributed by atoms with E-state index in [1.54, 1.807) is 0 Å². The molecular formula is C10H17NO. The number of fused-ring (bicyclic) bond motifs is 1. The molecule has 4 atom stereocenters. The van der Waals surface area contributed by atoms with Gasteiger partial charge in [-0.25, -0.2) is 0 Å². The monoisotopic (exact) mass is 167 g/mol. The molecule has 4 unspecified atom stereocenters. The molecule has 0 aromatic carbocycles. The molecule has 0 spiro atoms. The molecule has 12 heavy (non-hydrogen) atoms. The molecule has 3 rings (SSSR count). The Morgan fingerprint density at radius 3 is 2.42 bits per heavy atom. The topological polar surface area (TPSA) is 23.5 Å². The highest BCUT2D eigenvalue weighted by atomic mass is 16.3. The van der Waals surface area contributed by atoms with E-state index in [9.17, 15) is 5.11 Å². The zero-order valence-electron chi connectivity index (χ0n) is 7.45. The number of aliphatic hydroxyl groups is 1. The number of aliphatic hydroxyl groups excluding tert-OH is 1. The van der Waals surface area contributed by atoms with E-state index in [0.29, 0.717) is 6.04 Å². The molecule has 0 bridgehead atoms. The van der Waals surface area contributed by atoms with Crippen LogP contribution in [0.2, 0.25) is 0 Å². The van der Waals surface area contributed by atoms with Gasteiger partial charge in [0.05, 0.1) is 6.10 Å². The van der Waals surface area contributed by atoms with Gasteiger partial charge in [0, 0.05) is 19.1 Å². The summed E-state index contributed by atoms with van der Waals surface area (Å²) >= 11 is 0. The summed E-state index contributed by atoms with van der Waals surface area (Å²) in [7, 11) is 0. The zero-order chi connectivity index (χ0) is 8.13. The minimum atomic E-state index is -0.0116. The van der Waals surface area contributed by atoms with E-state index in [0.717, 1.165) is 18.3 Å². The fourth-order valence-electron chi connectivity index (χ4n) is 3.05. The second kappa shape index (κ2) is 2.46. The second-order valence-corrected chi connectivity index (χ2v) is 4.78. The van der Waals surface area contributed by atoms with Crippen molar-refractivity contribution < 1.29 is 5.11 Å². The lowest BCUT2D eigenvalue weighted by atomic mass is 10.2. The van der Waals surface area contributed by atoms with Crippen molar-refractivity contribution in [3.8, 4) is 0 Å². The van der Waals surface area contributed by atoms with Gasteiger partial charge < -0.3 is 5.11 Å². The van der Waals surface area contributed by atoms with Gasteiger partial charge >= 0.3 is 0 Å². The van der Waals surface area contributed by atoms with Crippen LogP contribution in [0.4, 0.5) is 0 Å². The highest BCUT2D eigenvalue weighted by Crippen LogP contribution is 2.46. The van der Waals surface area contributed by atoms with Crippen LogP contribution < -0.4 is 0 Å². The van der Waals surface area contributed by atoms with Crippen LogP contribution in [-0.4, -0.2) is 35.2 Å². The maximum Gasteiger partial charge on any atom is 0.0695 e. The smallest absolute Gasteiger partial charge is 0.0695 e. The van der Waals surface area contributed by atoms with Crippen LogP contribution in [0.3, 0.4) is 0 Å². The Kier molecular flexibility index (Phi) is 1.50. The molecule has 0 aromatic rings. The van der Waals surface area contributed by atoms with Crippen LogP contribution in [0.15, 0.2) is 0 Å². The minimum Gasteiger partial charge on any atom is -0.391 e. The normalized spacial score (nSPS) is 52.8. The predicted molar refractivity (Wildman–Crippen MR) is 46.8 cm³/mol. The van der Waals surface area contributed by atoms with Gasteiger partial charge in [-0.05, 0) is 37.5 Å². The Labute approximate surface area is 73.6 Å². The third-order valence-electron chi connectivity index (χ3n) is 3.92. The molecular weight excluding hydrogens is 150 g/mol. The van der Waals surface area contributed by atoms with Crippen molar-refractivity contribution in [1.82, 2.24) is 4.90 Å². The van der Waals surface area contributed by atoms with E-state index in [1.165, 1.54) is 32.4 Å². The van der Waals surface area contributed by atoms with E-state index < -0.39 is 0 Å². The third kappa shape index (κ3) is 1.01. The van der Waals surface area contributed by atoms with Crippen LogP contribution in [0, 0.1) is 11.8 Å². The molecule has 1 aliphatic heterocycles. The molecule has 68 valence electrons. The Hall–Kier alpha value is -0.0800. The lowest BCUT2D eigenvalue weighted by Gasteiger charge is -2.27. The van der Waals surface area contributed by atoms with Gasteiger partial charge in [0.1, 0.15) is 0 Å². The van der Waals surface area contributed by atoms with E-state index in [-0.39, 0.29) is 6.10 Å². The van der Waals surface area contributed by atoms with Gasteiger partial charge in [-0.1, -0.05) is 0 Å². The maximum absolute atomic E-state index is 9.71. The number of piperidine rings is 1. The molecule has 1 heterocycles. The summed E-state index contributed by atoms with van der Waals surface area (Å²) in [6, 6.07) is 0.526. The first-order chi connectivity index (χ1) is 5.84. The van der Waals surface area contributed by atoms with E-state index >= 15 is 0 Å². The van der Waals surface area contributed by atoms with Gasteiger partial charge in [-0.2, -0.15) is 0 Å². The molecule has 1 saturated heterocycles. The van der Waals surface area contributed by atoms with Crippen molar-refractivity contribution >= 4 is 0 Å². The summed E-state index contributed by atoms with van der Waals surface area (Å²) in [4.78, 5) is 2.54. The summed E-state index contributed by atoms with van der Waals surface area (Å²) in [5, 5.41) is 9.71. The second-order valence-electron chi connectivity index (χ2n) is 4.78. The first-order valence-electron chi connectivity index (χ1n) is 5.27. The van der Waals surface area contributed by atoms with E-state index in [1.807, 2.05) is 0 Å². The molecule has 3 aliphatic rings. The van der Waals surface area contributed by atoms with Gasteiger partial charge in [0.2, 0.25) is 0 Å². The SMILES string of the molecule is OC1CCCC1N1CC2CC2C1. The van der Waals surface area contributed by atoms with Gasteiger partial charge in [0.25, 0.3) is 0 Å². The highest BCUT2D eigenvalue weighted by Gasteiger charge is 2.48. The Bertz CT molecular complexity index is 184. The lowest BCUT2D eigenvalue weighted by Crippen LogP contribution is -2.39. The first kappa shape index (κ1) is 7.34. The van der Waals surface area contributed by atoms with Crippen molar-refractivity contribution in [2.24, 2.45) is 11.8 Å². The zero-order valence-corrected chi connectivity index (χ0v) is 7.45. The van der Waals surface area contributed by atoms with E-state index in [4.69, 9.17) is 0 Å². The fraction of sp³-hybridized carbons (Fsp3) is 1.00. The summed E-state index contributed by atoms with van der Waals surface area (Å²) < 4.78 is 0. The van der Waals surface area contributed by atoms with Crippen molar-refractivity contribution in [1.29, 1.82) is 0 Å². The first-order valence-corrected chi connectivity index (χ1v) is 5.27. The molecule has 0 aromatic heterocycles. The van der Waals surface area contributed by atoms with Crippen LogP contribution in [0.5, 0.6) is 0 Å². The minimum absolute atomic E-state index is 0.0116. The fourth-order valence-corrected chi connectivity index (χ4v) is 3.05. The molecule has 0 amide bonds. The van der Waals surface area contributed by atoms with Crippen LogP contribution in [0.25, 0.3) is 0 Å². The third-order valence-corrected chi connectivity index (χ3v) is 3.92. The standard InChI is InChI=1S/C10H17NO/c12-10-3-1-2-9(10)11-5-7-4-8(7)6-11/h7-10,12H,1-6H2. The Balaban J connectivity index is 1.65. The number of nitrogens with zero attached hydrogens (tertiary/aromatic N) is 1. The summed E-state index contributed by atoms with van der Waals surface area (Å²) in [6.45, 7) is 2.57. The maximum atomic E-state index is 9.71. The van der Waals surface area contributed by atoms with Gasteiger partial charge in [-0.15, -0.1) is 0 Å². The molecule has 0 radical (unpaired) electrons. The molecule has 2 nitrogen and oxygen atoms in total. The summed E-state index contributed by atoms with van der Waals surface area (Å²) in [6.07, 6.45) is 4.97. The predicted octanol–water partition coefficient (Wildman–Crippen LogP) is 0.851. The van der Waals surface area contributed by atoms with E-state index in [2.05, 4.69) is 4.90 Å². The Morgan fingerprint density at radius 1 is 1.08 bits per heavy atom. The van der Waals surface area contributed by atoms with Crippen molar-refractivity contribution in [2.75, 3.05) is 13.1 Å². The molecule has 3 fully saturated rings. The molecule has 1 N–H and O–H groups in total. The quantitative estimate of drug-likeness (QED) is 0.626. The highest BCUT2D eigenvalue weighted by molar-refractivity contribution is 5.00. The largest absolute Gasteiger partial charge is 0.391 e. The number of rotatable bonds is 1. The van der Waals surface area contributed by atoms with Gasteiger partial charge in [0.15, 0.2) is 0 Å². The molecule has 2 aliphatic carbocycles. The number of likely N-dealkylation sites (tertiary alicyclic amines) is 1. The molecule has 2 saturated carbocycles. The lowest BCUT2D eigenvalue weighted by molar-refractivity contribution is 0.0784. The van der Waals surface area contributed by atoms with Crippen LogP contribution in [-0.2, 0) is 0 Å². The van der Waals surface area contributed by atoms with Crippen molar-refractivity contribution in [2.45, 2.75) is 37.8 Å². The molecule has 2 heteroatoms. The number of hydrogen-bond acceptors (Lipinski definition) is 2. The Morgan fingerprint density at radius 2 is 1.83 bits per heavy atom. The average molecular weight is 167 g/mol. The van der Waals surface area contributed by atoms with Crippen LogP contribution >= 0.6 is 0 Å². The van der Waals surface area contributed by atoms with Crippen LogP contribution in [0.1, 0.15) is 25.7 Å². The van der Waals surface area contributed by atoms with Crippen molar-refractivity contribution in [3.63, 3.8) is 0 Å².